The Morgan fingerprint density at radius 3 is 2.15 bits per heavy atom. The lowest BCUT2D eigenvalue weighted by Gasteiger charge is -2.25. The molecule has 6 nitrogen and oxygen atoms in total. The molecular weight excluding hydrogens is 580 g/mol. The van der Waals surface area contributed by atoms with E-state index in [2.05, 4.69) is 101 Å². The van der Waals surface area contributed by atoms with Gasteiger partial charge in [-0.15, -0.1) is 0 Å². The molecule has 4 aromatic carbocycles. The van der Waals surface area contributed by atoms with Crippen LogP contribution in [-0.2, 0) is 5.41 Å². The molecule has 0 spiro atoms. The Bertz CT molecular complexity index is 2280. The van der Waals surface area contributed by atoms with Crippen molar-refractivity contribution < 1.29 is 9.47 Å². The maximum absolute atomic E-state index is 6.52. The van der Waals surface area contributed by atoms with Crippen LogP contribution < -0.4 is 9.47 Å². The molecule has 7 aromatic rings. The number of methoxy groups -OCH3 is 1. The van der Waals surface area contributed by atoms with Gasteiger partial charge in [-0.1, -0.05) is 57.2 Å². The van der Waals surface area contributed by atoms with Crippen molar-refractivity contribution in [3.63, 3.8) is 0 Å². The second-order valence-electron chi connectivity index (χ2n) is 13.4. The molecule has 0 bridgehead atoms. The zero-order valence-electron chi connectivity index (χ0n) is 28.3. The smallest absolute Gasteiger partial charge is 0.224 e. The van der Waals surface area contributed by atoms with Gasteiger partial charge in [0, 0.05) is 29.1 Å². The van der Waals surface area contributed by atoms with Crippen molar-refractivity contribution in [2.24, 2.45) is 0 Å². The molecule has 0 fully saturated rings. The summed E-state index contributed by atoms with van der Waals surface area (Å²) in [6.07, 6.45) is 1.86. The standard InChI is InChI=1S/C41H40N4O2/c1-25-18-19-42-37(20-25)44-35-15-10-9-14-33(35)34-17-16-32(24-36(34)44)47-31-13-11-12-30(23-31)45-40(46-8)38(28(4)43-45)29-21-26(2)39(27(3)22-29)41(5,6)7/h9-24H,1-8H3. The van der Waals surface area contributed by atoms with Crippen LogP contribution in [0.25, 0.3) is 44.4 Å². The lowest BCUT2D eigenvalue weighted by Crippen LogP contribution is -2.15. The molecule has 7 rings (SSSR count). The van der Waals surface area contributed by atoms with Gasteiger partial charge in [-0.3, -0.25) is 4.57 Å². The third kappa shape index (κ3) is 5.34. The van der Waals surface area contributed by atoms with E-state index in [0.29, 0.717) is 11.6 Å². The van der Waals surface area contributed by atoms with E-state index < -0.39 is 0 Å². The van der Waals surface area contributed by atoms with E-state index >= 15 is 0 Å². The summed E-state index contributed by atoms with van der Waals surface area (Å²) in [6, 6.07) is 31.3. The number of hydrogen-bond donors (Lipinski definition) is 0. The van der Waals surface area contributed by atoms with E-state index in [9.17, 15) is 0 Å². The van der Waals surface area contributed by atoms with E-state index in [-0.39, 0.29) is 5.41 Å². The molecule has 0 atom stereocenters. The summed E-state index contributed by atoms with van der Waals surface area (Å²) in [5, 5.41) is 7.27. The van der Waals surface area contributed by atoms with Gasteiger partial charge in [-0.2, -0.15) is 5.10 Å². The summed E-state index contributed by atoms with van der Waals surface area (Å²) in [5.41, 5.74) is 11.1. The highest BCUT2D eigenvalue weighted by molar-refractivity contribution is 6.09. The fourth-order valence-corrected chi connectivity index (χ4v) is 7.21. The number of benzene rings is 4. The minimum Gasteiger partial charge on any atom is -0.480 e. The van der Waals surface area contributed by atoms with E-state index in [1.165, 1.54) is 22.1 Å². The molecule has 0 aliphatic heterocycles. The lowest BCUT2D eigenvalue weighted by molar-refractivity contribution is 0.385. The Kier molecular flexibility index (Phi) is 7.39. The van der Waals surface area contributed by atoms with Crippen molar-refractivity contribution in [2.45, 2.75) is 53.9 Å². The summed E-state index contributed by atoms with van der Waals surface area (Å²) in [5.74, 6) is 3.01. The number of hydrogen-bond acceptors (Lipinski definition) is 4. The average molecular weight is 621 g/mol. The highest BCUT2D eigenvalue weighted by atomic mass is 16.5. The highest BCUT2D eigenvalue weighted by Gasteiger charge is 2.24. The minimum atomic E-state index is 0.0645. The first-order chi connectivity index (χ1) is 22.5. The van der Waals surface area contributed by atoms with Gasteiger partial charge < -0.3 is 9.47 Å². The van der Waals surface area contributed by atoms with Crippen molar-refractivity contribution in [3.8, 4) is 40.0 Å². The van der Waals surface area contributed by atoms with Crippen LogP contribution >= 0.6 is 0 Å². The molecule has 0 aliphatic rings. The zero-order valence-corrected chi connectivity index (χ0v) is 28.3. The van der Waals surface area contributed by atoms with Crippen molar-refractivity contribution in [2.75, 3.05) is 7.11 Å². The van der Waals surface area contributed by atoms with Crippen molar-refractivity contribution >= 4 is 21.8 Å². The maximum atomic E-state index is 6.52. The molecule has 0 amide bonds. The second kappa shape index (κ2) is 11.5. The molecule has 0 unspecified atom stereocenters. The number of rotatable bonds is 6. The first kappa shape index (κ1) is 30.3. The Morgan fingerprint density at radius 2 is 1.43 bits per heavy atom. The summed E-state index contributed by atoms with van der Waals surface area (Å²) < 4.78 is 16.6. The van der Waals surface area contributed by atoms with Gasteiger partial charge in [-0.25, -0.2) is 9.67 Å². The number of ether oxygens (including phenoxy) is 2. The van der Waals surface area contributed by atoms with E-state index in [4.69, 9.17) is 19.6 Å². The van der Waals surface area contributed by atoms with Gasteiger partial charge in [0.1, 0.15) is 17.3 Å². The number of para-hydroxylation sites is 1. The predicted molar refractivity (Wildman–Crippen MR) is 192 cm³/mol. The zero-order chi connectivity index (χ0) is 33.0. The maximum Gasteiger partial charge on any atom is 0.224 e. The Labute approximate surface area is 276 Å². The summed E-state index contributed by atoms with van der Waals surface area (Å²) >= 11 is 0. The lowest BCUT2D eigenvalue weighted by atomic mass is 9.80. The number of nitrogens with zero attached hydrogens (tertiary/aromatic N) is 4. The van der Waals surface area contributed by atoms with Crippen LogP contribution in [0.1, 0.15) is 48.7 Å². The molecule has 236 valence electrons. The molecule has 0 saturated heterocycles. The first-order valence-electron chi connectivity index (χ1n) is 16.0. The van der Waals surface area contributed by atoms with Gasteiger partial charge in [0.05, 0.1) is 35.1 Å². The van der Waals surface area contributed by atoms with Gasteiger partial charge in [0.15, 0.2) is 0 Å². The Balaban J connectivity index is 1.27. The second-order valence-corrected chi connectivity index (χ2v) is 13.4. The average Bonchev–Trinajstić information content (AvgIpc) is 3.54. The molecule has 47 heavy (non-hydrogen) atoms. The summed E-state index contributed by atoms with van der Waals surface area (Å²) in [6.45, 7) is 15.3. The highest BCUT2D eigenvalue weighted by Crippen LogP contribution is 2.40. The van der Waals surface area contributed by atoms with E-state index in [1.807, 2.05) is 54.2 Å². The molecule has 0 N–H and O–H groups in total. The van der Waals surface area contributed by atoms with Crippen LogP contribution in [0.2, 0.25) is 0 Å². The van der Waals surface area contributed by atoms with Crippen LogP contribution in [0.15, 0.2) is 97.2 Å². The molecule has 6 heteroatoms. The number of aryl methyl sites for hydroxylation is 4. The normalized spacial score (nSPS) is 11.8. The molecule has 3 aromatic heterocycles. The SMILES string of the molecule is COc1c(-c2cc(C)c(C(C)(C)C)c(C)c2)c(C)nn1-c1cccc(Oc2ccc3c4ccccc4n(-c4cc(C)ccn4)c3c2)c1. The molecule has 0 radical (unpaired) electrons. The molecule has 3 heterocycles. The predicted octanol–water partition coefficient (Wildman–Crippen LogP) is 10.4. The van der Waals surface area contributed by atoms with Crippen molar-refractivity contribution in [3.05, 3.63) is 125 Å². The Morgan fingerprint density at radius 1 is 0.702 bits per heavy atom. The Hall–Kier alpha value is -5.36. The number of aromatic nitrogens is 4. The summed E-state index contributed by atoms with van der Waals surface area (Å²) in [4.78, 5) is 4.71. The largest absolute Gasteiger partial charge is 0.480 e. The minimum absolute atomic E-state index is 0.0645. The van der Waals surface area contributed by atoms with E-state index in [0.717, 1.165) is 56.1 Å². The number of pyridine rings is 1. The van der Waals surface area contributed by atoms with Crippen LogP contribution in [0.5, 0.6) is 17.4 Å². The van der Waals surface area contributed by atoms with Crippen LogP contribution in [0.3, 0.4) is 0 Å². The quantitative estimate of drug-likeness (QED) is 0.186. The van der Waals surface area contributed by atoms with Gasteiger partial charge >= 0.3 is 0 Å². The third-order valence-corrected chi connectivity index (χ3v) is 8.86. The van der Waals surface area contributed by atoms with Crippen molar-refractivity contribution in [1.82, 2.24) is 19.3 Å². The fraction of sp³-hybridized carbons (Fsp3) is 0.220. The van der Waals surface area contributed by atoms with Crippen LogP contribution in [0, 0.1) is 27.7 Å². The van der Waals surface area contributed by atoms with Gasteiger partial charge in [-0.05, 0) is 103 Å². The van der Waals surface area contributed by atoms with E-state index in [1.54, 1.807) is 7.11 Å². The van der Waals surface area contributed by atoms with Crippen molar-refractivity contribution in [1.29, 1.82) is 0 Å². The fourth-order valence-electron chi connectivity index (χ4n) is 7.21. The van der Waals surface area contributed by atoms with Crippen LogP contribution in [-0.4, -0.2) is 26.4 Å². The summed E-state index contributed by atoms with van der Waals surface area (Å²) in [7, 11) is 1.71. The van der Waals surface area contributed by atoms with Gasteiger partial charge in [0.25, 0.3) is 0 Å². The molecule has 0 aliphatic carbocycles. The molecule has 0 saturated carbocycles. The topological polar surface area (TPSA) is 54.1 Å². The monoisotopic (exact) mass is 620 g/mol. The number of fused-ring (bicyclic) bond motifs is 3. The third-order valence-electron chi connectivity index (χ3n) is 8.86. The van der Waals surface area contributed by atoms with Gasteiger partial charge in [0.2, 0.25) is 5.88 Å². The molecular formula is C41H40N4O2. The first-order valence-corrected chi connectivity index (χ1v) is 16.0. The van der Waals surface area contributed by atoms with Crippen LogP contribution in [0.4, 0.5) is 0 Å².